The van der Waals surface area contributed by atoms with E-state index < -0.39 is 8.25 Å². The van der Waals surface area contributed by atoms with Gasteiger partial charge in [0.1, 0.15) is 34.8 Å². The van der Waals surface area contributed by atoms with Gasteiger partial charge < -0.3 is 28.5 Å². The molecule has 0 aliphatic carbocycles. The SMILES string of the molecule is O=[PH](OCCCNCc1cc(-c2ccco2)c(CCCCCCc2ccccc2F)cc1F)OCCCNCc1cc(-c2ccco2)c(CCCCCCc2ccccc2F)cc1F. The highest BCUT2D eigenvalue weighted by molar-refractivity contribution is 7.33. The summed E-state index contributed by atoms with van der Waals surface area (Å²) in [5.41, 5.74) is 6.09. The van der Waals surface area contributed by atoms with Gasteiger partial charge in [-0.05, 0) is 160 Å². The Morgan fingerprint density at radius 3 is 1.23 bits per heavy atom. The number of aryl methyl sites for hydroxylation is 4. The number of benzene rings is 4. The molecule has 342 valence electrons. The van der Waals surface area contributed by atoms with Crippen molar-refractivity contribution in [1.82, 2.24) is 10.6 Å². The highest BCUT2D eigenvalue weighted by Crippen LogP contribution is 2.31. The summed E-state index contributed by atoms with van der Waals surface area (Å²) in [5.74, 6) is 0.510. The van der Waals surface area contributed by atoms with Crippen molar-refractivity contribution >= 4 is 8.25 Å². The van der Waals surface area contributed by atoms with Crippen LogP contribution >= 0.6 is 8.25 Å². The van der Waals surface area contributed by atoms with Crippen LogP contribution in [-0.4, -0.2) is 26.3 Å². The minimum absolute atomic E-state index is 0.157. The van der Waals surface area contributed by atoms with E-state index in [0.717, 1.165) is 84.7 Å². The molecule has 0 unspecified atom stereocenters. The summed E-state index contributed by atoms with van der Waals surface area (Å²) in [4.78, 5) is 0. The summed E-state index contributed by atoms with van der Waals surface area (Å²) in [7, 11) is -2.68. The monoisotopic (exact) mass is 900 g/mol. The Hall–Kier alpha value is -4.77. The maximum absolute atomic E-state index is 15.3. The third-order valence-electron chi connectivity index (χ3n) is 11.4. The van der Waals surface area contributed by atoms with Crippen LogP contribution in [0.15, 0.2) is 118 Å². The molecule has 0 bridgehead atoms. The molecule has 6 rings (SSSR count). The molecule has 0 fully saturated rings. The highest BCUT2D eigenvalue weighted by atomic mass is 31.1. The van der Waals surface area contributed by atoms with Crippen LogP contribution in [0.3, 0.4) is 0 Å². The van der Waals surface area contributed by atoms with Gasteiger partial charge in [0.05, 0.1) is 25.7 Å². The van der Waals surface area contributed by atoms with Crippen LogP contribution in [0.1, 0.15) is 97.6 Å². The highest BCUT2D eigenvalue weighted by Gasteiger charge is 2.16. The molecule has 0 saturated carbocycles. The van der Waals surface area contributed by atoms with E-state index in [-0.39, 0.29) is 36.5 Å². The van der Waals surface area contributed by atoms with Gasteiger partial charge in [0.15, 0.2) is 0 Å². The summed E-state index contributed by atoms with van der Waals surface area (Å²) in [6.07, 6.45) is 14.6. The first kappa shape index (κ1) is 48.7. The molecule has 0 atom stereocenters. The van der Waals surface area contributed by atoms with E-state index in [9.17, 15) is 13.3 Å². The Morgan fingerprint density at radius 1 is 0.438 bits per heavy atom. The van der Waals surface area contributed by atoms with Crippen LogP contribution in [0, 0.1) is 23.3 Å². The maximum Gasteiger partial charge on any atom is 0.319 e. The van der Waals surface area contributed by atoms with Crippen LogP contribution in [0.2, 0.25) is 0 Å². The summed E-state index contributed by atoms with van der Waals surface area (Å²) >= 11 is 0. The lowest BCUT2D eigenvalue weighted by Crippen LogP contribution is -2.17. The fourth-order valence-electron chi connectivity index (χ4n) is 7.89. The zero-order valence-corrected chi connectivity index (χ0v) is 37.6. The molecule has 6 aromatic rings. The van der Waals surface area contributed by atoms with Crippen molar-refractivity contribution < 1.29 is 40.0 Å². The van der Waals surface area contributed by atoms with Gasteiger partial charge in [0.25, 0.3) is 0 Å². The first-order chi connectivity index (χ1) is 31.4. The Kier molecular flexibility index (Phi) is 20.4. The van der Waals surface area contributed by atoms with Crippen molar-refractivity contribution in [1.29, 1.82) is 0 Å². The average molecular weight is 901 g/mol. The van der Waals surface area contributed by atoms with Gasteiger partial charge in [-0.15, -0.1) is 0 Å². The molecule has 64 heavy (non-hydrogen) atoms. The normalized spacial score (nSPS) is 11.6. The number of rotatable bonds is 30. The van der Waals surface area contributed by atoms with Gasteiger partial charge in [-0.3, -0.25) is 4.57 Å². The van der Waals surface area contributed by atoms with E-state index in [1.165, 1.54) is 12.1 Å². The molecule has 2 heterocycles. The van der Waals surface area contributed by atoms with Gasteiger partial charge in [0.2, 0.25) is 0 Å². The summed E-state index contributed by atoms with van der Waals surface area (Å²) < 4.78 is 93.0. The van der Waals surface area contributed by atoms with Gasteiger partial charge in [-0.25, -0.2) is 17.6 Å². The lowest BCUT2D eigenvalue weighted by Gasteiger charge is -2.13. The van der Waals surface area contributed by atoms with Crippen molar-refractivity contribution in [2.75, 3.05) is 26.3 Å². The fraction of sp³-hybridized carbons (Fsp3) is 0.385. The average Bonchev–Trinajstić information content (AvgIpc) is 4.04. The van der Waals surface area contributed by atoms with E-state index in [1.54, 1.807) is 36.8 Å². The van der Waals surface area contributed by atoms with Crippen molar-refractivity contribution in [2.24, 2.45) is 0 Å². The van der Waals surface area contributed by atoms with Crippen LogP contribution in [0.5, 0.6) is 0 Å². The quantitative estimate of drug-likeness (QED) is 0.0265. The van der Waals surface area contributed by atoms with Crippen LogP contribution in [0.4, 0.5) is 17.6 Å². The lowest BCUT2D eigenvalue weighted by atomic mass is 9.96. The Morgan fingerprint density at radius 2 is 0.844 bits per heavy atom. The molecule has 0 amide bonds. The second-order valence-corrected chi connectivity index (χ2v) is 17.3. The first-order valence-corrected chi connectivity index (χ1v) is 24.0. The molecule has 0 spiro atoms. The third-order valence-corrected chi connectivity index (χ3v) is 12.3. The van der Waals surface area contributed by atoms with E-state index in [2.05, 4.69) is 10.6 Å². The van der Waals surface area contributed by atoms with Gasteiger partial charge in [-0.1, -0.05) is 62.1 Å². The molecule has 7 nitrogen and oxygen atoms in total. The zero-order chi connectivity index (χ0) is 44.8. The van der Waals surface area contributed by atoms with E-state index in [0.29, 0.717) is 87.4 Å². The molecular weight excluding hydrogens is 840 g/mol. The van der Waals surface area contributed by atoms with Crippen molar-refractivity contribution in [2.45, 2.75) is 103 Å². The largest absolute Gasteiger partial charge is 0.464 e. The zero-order valence-electron chi connectivity index (χ0n) is 36.6. The number of hydrogen-bond acceptors (Lipinski definition) is 7. The van der Waals surface area contributed by atoms with E-state index in [1.807, 2.05) is 60.7 Å². The second-order valence-electron chi connectivity index (χ2n) is 16.2. The molecule has 0 aliphatic heterocycles. The van der Waals surface area contributed by atoms with Gasteiger partial charge in [0, 0.05) is 35.3 Å². The minimum Gasteiger partial charge on any atom is -0.464 e. The summed E-state index contributed by atoms with van der Waals surface area (Å²) in [6.45, 7) is 2.14. The number of unbranched alkanes of at least 4 members (excludes halogenated alkanes) is 6. The van der Waals surface area contributed by atoms with Crippen molar-refractivity contribution in [3.8, 4) is 22.6 Å². The number of furan rings is 2. The number of hydrogen-bond donors (Lipinski definition) is 2. The van der Waals surface area contributed by atoms with Crippen LogP contribution in [-0.2, 0) is 52.4 Å². The topological polar surface area (TPSA) is 85.9 Å². The molecule has 2 N–H and O–H groups in total. The van der Waals surface area contributed by atoms with Crippen LogP contribution < -0.4 is 10.6 Å². The smallest absolute Gasteiger partial charge is 0.319 e. The first-order valence-electron chi connectivity index (χ1n) is 22.7. The molecule has 0 saturated heterocycles. The Labute approximate surface area is 375 Å². The van der Waals surface area contributed by atoms with Gasteiger partial charge in [-0.2, -0.15) is 0 Å². The summed E-state index contributed by atoms with van der Waals surface area (Å²) in [6, 6.07) is 28.1. The Balaban J connectivity index is 0.834. The lowest BCUT2D eigenvalue weighted by molar-refractivity contribution is 0.220. The molecule has 4 aromatic carbocycles. The standard InChI is InChI=1S/C52H61F4N2O5P/c53-47-23-11-9-19-39(47)17-5-1-3-7-21-41-35-49(55)43(33-45(41)51-25-13-29-60-51)37-57-27-15-31-62-64(59)63-32-16-28-58-38-44-34-46(52-26-14-30-61-52)42(36-50(44)56)22-8-4-2-6-18-40-20-10-12-24-48(40)54/h9-14,19-20,23-26,29-30,33-36,57-58,64H,1-8,15-18,21-22,27-28,31-32,37-38H2. The second kappa shape index (κ2) is 26.9. The predicted octanol–water partition coefficient (Wildman–Crippen LogP) is 13.5. The number of halogens is 4. The van der Waals surface area contributed by atoms with E-state index in [4.69, 9.17) is 17.9 Å². The molecule has 0 radical (unpaired) electrons. The van der Waals surface area contributed by atoms with Crippen molar-refractivity contribution in [3.63, 3.8) is 0 Å². The maximum atomic E-state index is 15.3. The molecule has 12 heteroatoms. The molecule has 0 aliphatic rings. The molecule has 2 aromatic heterocycles. The van der Waals surface area contributed by atoms with E-state index >= 15 is 8.78 Å². The minimum atomic E-state index is -2.68. The Bertz CT molecular complexity index is 2140. The third kappa shape index (κ3) is 15.7. The fourth-order valence-corrected chi connectivity index (χ4v) is 8.60. The molecular formula is C52H61F4N2O5P. The van der Waals surface area contributed by atoms with Crippen molar-refractivity contribution in [3.05, 3.63) is 166 Å². The summed E-state index contributed by atoms with van der Waals surface area (Å²) in [5, 5.41) is 6.51. The predicted molar refractivity (Wildman–Crippen MR) is 246 cm³/mol. The number of nitrogens with one attached hydrogen (secondary N) is 2. The van der Waals surface area contributed by atoms with Gasteiger partial charge >= 0.3 is 8.25 Å². The van der Waals surface area contributed by atoms with Crippen LogP contribution in [0.25, 0.3) is 22.6 Å².